The molecule has 0 aliphatic carbocycles. The van der Waals surface area contributed by atoms with Gasteiger partial charge in [-0.1, -0.05) is 13.8 Å². The Bertz CT molecular complexity index is 207. The normalized spacial score (nSPS) is 23.1. The van der Waals surface area contributed by atoms with Crippen molar-refractivity contribution in [3.8, 4) is 0 Å². The van der Waals surface area contributed by atoms with Gasteiger partial charge in [0.1, 0.15) is 6.04 Å². The van der Waals surface area contributed by atoms with Crippen molar-refractivity contribution in [2.45, 2.75) is 26.3 Å². The monoisotopic (exact) mass is 214 g/mol. The van der Waals surface area contributed by atoms with Crippen LogP contribution in [0.4, 0.5) is 0 Å². The minimum Gasteiger partial charge on any atom is -0.468 e. The molecule has 0 saturated carbocycles. The largest absolute Gasteiger partial charge is 0.468 e. The molecular weight excluding hydrogens is 192 g/mol. The van der Waals surface area contributed by atoms with Crippen LogP contribution in [0.3, 0.4) is 0 Å². The molecule has 1 saturated heterocycles. The number of methoxy groups -OCH3 is 1. The minimum absolute atomic E-state index is 0.0949. The summed E-state index contributed by atoms with van der Waals surface area (Å²) in [6.45, 7) is 8.01. The third kappa shape index (κ3) is 3.80. The first kappa shape index (κ1) is 12.5. The van der Waals surface area contributed by atoms with Crippen LogP contribution >= 0.6 is 0 Å². The quantitative estimate of drug-likeness (QED) is 0.691. The summed E-state index contributed by atoms with van der Waals surface area (Å²) in [5.74, 6) is 0.559. The molecule has 1 aliphatic heterocycles. The average molecular weight is 214 g/mol. The van der Waals surface area contributed by atoms with Crippen LogP contribution in [0.1, 0.15) is 20.3 Å². The van der Waals surface area contributed by atoms with Gasteiger partial charge < -0.3 is 10.1 Å². The molecule has 1 N–H and O–H groups in total. The van der Waals surface area contributed by atoms with Gasteiger partial charge in [0.05, 0.1) is 7.11 Å². The van der Waals surface area contributed by atoms with Crippen LogP contribution in [0.25, 0.3) is 0 Å². The summed E-state index contributed by atoms with van der Waals surface area (Å²) in [4.78, 5) is 13.7. The Hall–Kier alpha value is -0.610. The number of piperazine rings is 1. The molecule has 1 fully saturated rings. The van der Waals surface area contributed by atoms with Gasteiger partial charge in [-0.25, -0.2) is 0 Å². The third-order valence-corrected chi connectivity index (χ3v) is 2.82. The van der Waals surface area contributed by atoms with E-state index in [1.807, 2.05) is 0 Å². The third-order valence-electron chi connectivity index (χ3n) is 2.82. The van der Waals surface area contributed by atoms with Gasteiger partial charge in [0, 0.05) is 19.6 Å². The highest BCUT2D eigenvalue weighted by molar-refractivity contribution is 5.76. The standard InChI is InChI=1S/C11H22N2O2/c1-9(2)4-6-13-7-5-12-8-10(13)11(14)15-3/h9-10,12H,4-8H2,1-3H3. The lowest BCUT2D eigenvalue weighted by Crippen LogP contribution is -2.55. The second-order valence-electron chi connectivity index (χ2n) is 4.46. The van der Waals surface area contributed by atoms with Crippen molar-refractivity contribution >= 4 is 5.97 Å². The lowest BCUT2D eigenvalue weighted by molar-refractivity contribution is -0.147. The van der Waals surface area contributed by atoms with Gasteiger partial charge in [0.25, 0.3) is 0 Å². The summed E-state index contributed by atoms with van der Waals surface area (Å²) in [5.41, 5.74) is 0. The topological polar surface area (TPSA) is 41.6 Å². The van der Waals surface area contributed by atoms with E-state index in [1.54, 1.807) is 0 Å². The Morgan fingerprint density at radius 2 is 2.33 bits per heavy atom. The fourth-order valence-electron chi connectivity index (χ4n) is 1.81. The molecule has 0 amide bonds. The number of ether oxygens (including phenoxy) is 1. The molecule has 0 aromatic carbocycles. The molecule has 0 aromatic heterocycles. The Labute approximate surface area is 92.0 Å². The van der Waals surface area contributed by atoms with Crippen LogP contribution in [-0.4, -0.2) is 50.2 Å². The first-order chi connectivity index (χ1) is 7.15. The number of nitrogens with zero attached hydrogens (tertiary/aromatic N) is 1. The zero-order valence-corrected chi connectivity index (χ0v) is 9.95. The molecule has 15 heavy (non-hydrogen) atoms. The van der Waals surface area contributed by atoms with Crippen molar-refractivity contribution in [1.29, 1.82) is 0 Å². The molecule has 0 aromatic rings. The Morgan fingerprint density at radius 3 is 2.93 bits per heavy atom. The number of rotatable bonds is 4. The van der Waals surface area contributed by atoms with E-state index in [-0.39, 0.29) is 12.0 Å². The van der Waals surface area contributed by atoms with Crippen LogP contribution in [0, 0.1) is 5.92 Å². The summed E-state index contributed by atoms with van der Waals surface area (Å²) < 4.78 is 4.81. The number of nitrogens with one attached hydrogen (secondary N) is 1. The summed E-state index contributed by atoms with van der Waals surface area (Å²) in [6.07, 6.45) is 1.13. The van der Waals surface area contributed by atoms with Crippen molar-refractivity contribution in [3.63, 3.8) is 0 Å². The number of carbonyl (C=O) groups excluding carboxylic acids is 1. The van der Waals surface area contributed by atoms with Gasteiger partial charge in [0.2, 0.25) is 0 Å². The molecule has 1 aliphatic rings. The Morgan fingerprint density at radius 1 is 1.60 bits per heavy atom. The molecular formula is C11H22N2O2. The van der Waals surface area contributed by atoms with E-state index < -0.39 is 0 Å². The highest BCUT2D eigenvalue weighted by atomic mass is 16.5. The summed E-state index contributed by atoms with van der Waals surface area (Å²) in [7, 11) is 1.46. The molecule has 88 valence electrons. The van der Waals surface area contributed by atoms with Crippen molar-refractivity contribution in [2.24, 2.45) is 5.92 Å². The molecule has 1 atom stereocenters. The lowest BCUT2D eigenvalue weighted by atomic mass is 10.1. The molecule has 0 radical (unpaired) electrons. The summed E-state index contributed by atoms with van der Waals surface area (Å²) in [5, 5.41) is 3.23. The zero-order chi connectivity index (χ0) is 11.3. The zero-order valence-electron chi connectivity index (χ0n) is 9.95. The van der Waals surface area contributed by atoms with Gasteiger partial charge in [-0.3, -0.25) is 9.69 Å². The maximum Gasteiger partial charge on any atom is 0.324 e. The van der Waals surface area contributed by atoms with Gasteiger partial charge in [0.15, 0.2) is 0 Å². The van der Waals surface area contributed by atoms with E-state index in [9.17, 15) is 4.79 Å². The molecule has 1 rings (SSSR count). The molecule has 4 heteroatoms. The van der Waals surface area contributed by atoms with Crippen LogP contribution in [0.15, 0.2) is 0 Å². The average Bonchev–Trinajstić information content (AvgIpc) is 2.25. The SMILES string of the molecule is COC(=O)C1CNCCN1CCC(C)C. The maximum atomic E-state index is 11.5. The number of esters is 1. The highest BCUT2D eigenvalue weighted by Gasteiger charge is 2.28. The van der Waals surface area contributed by atoms with Gasteiger partial charge in [-0.2, -0.15) is 0 Å². The van der Waals surface area contributed by atoms with Crippen LogP contribution in [0.5, 0.6) is 0 Å². The molecule has 0 spiro atoms. The second kappa shape index (κ2) is 6.08. The number of hydrogen-bond donors (Lipinski definition) is 1. The van der Waals surface area contributed by atoms with E-state index >= 15 is 0 Å². The van der Waals surface area contributed by atoms with E-state index in [1.165, 1.54) is 7.11 Å². The maximum absolute atomic E-state index is 11.5. The van der Waals surface area contributed by atoms with Gasteiger partial charge in [-0.05, 0) is 18.9 Å². The summed E-state index contributed by atoms with van der Waals surface area (Å²) in [6, 6.07) is -0.0949. The van der Waals surface area contributed by atoms with Crippen LogP contribution in [-0.2, 0) is 9.53 Å². The van der Waals surface area contributed by atoms with Crippen LogP contribution in [0.2, 0.25) is 0 Å². The lowest BCUT2D eigenvalue weighted by Gasteiger charge is -2.34. The predicted octanol–water partition coefficient (Wildman–Crippen LogP) is 0.479. The van der Waals surface area contributed by atoms with Gasteiger partial charge in [-0.15, -0.1) is 0 Å². The van der Waals surface area contributed by atoms with E-state index in [0.29, 0.717) is 12.5 Å². The minimum atomic E-state index is -0.119. The smallest absolute Gasteiger partial charge is 0.324 e. The predicted molar refractivity (Wildman–Crippen MR) is 59.7 cm³/mol. The van der Waals surface area contributed by atoms with E-state index in [2.05, 4.69) is 24.1 Å². The molecule has 1 heterocycles. The van der Waals surface area contributed by atoms with Crippen molar-refractivity contribution in [3.05, 3.63) is 0 Å². The summed E-state index contributed by atoms with van der Waals surface area (Å²) >= 11 is 0. The first-order valence-corrected chi connectivity index (χ1v) is 5.67. The Balaban J connectivity index is 2.46. The van der Waals surface area contributed by atoms with Crippen LogP contribution < -0.4 is 5.32 Å². The fraction of sp³-hybridized carbons (Fsp3) is 0.909. The van der Waals surface area contributed by atoms with E-state index in [0.717, 1.165) is 26.1 Å². The molecule has 0 bridgehead atoms. The van der Waals surface area contributed by atoms with Crippen molar-refractivity contribution in [2.75, 3.05) is 33.3 Å². The molecule has 1 unspecified atom stereocenters. The fourth-order valence-corrected chi connectivity index (χ4v) is 1.81. The van der Waals surface area contributed by atoms with Crippen molar-refractivity contribution in [1.82, 2.24) is 10.2 Å². The number of carbonyl (C=O) groups is 1. The number of hydrogen-bond acceptors (Lipinski definition) is 4. The van der Waals surface area contributed by atoms with Gasteiger partial charge >= 0.3 is 5.97 Å². The molecule has 4 nitrogen and oxygen atoms in total. The Kier molecular flexibility index (Phi) is 5.05. The highest BCUT2D eigenvalue weighted by Crippen LogP contribution is 2.09. The van der Waals surface area contributed by atoms with Crippen molar-refractivity contribution < 1.29 is 9.53 Å². The first-order valence-electron chi connectivity index (χ1n) is 5.67. The second-order valence-corrected chi connectivity index (χ2v) is 4.46. The van der Waals surface area contributed by atoms with E-state index in [4.69, 9.17) is 4.74 Å².